The van der Waals surface area contributed by atoms with Gasteiger partial charge in [0, 0.05) is 33.7 Å². The van der Waals surface area contributed by atoms with Gasteiger partial charge in [-0.05, 0) is 23.8 Å². The van der Waals surface area contributed by atoms with Crippen LogP contribution >= 0.6 is 27.7 Å². The van der Waals surface area contributed by atoms with Crippen molar-refractivity contribution in [3.05, 3.63) is 81.5 Å². The molecule has 2 aromatic carbocycles. The van der Waals surface area contributed by atoms with E-state index in [0.717, 1.165) is 32.8 Å². The summed E-state index contributed by atoms with van der Waals surface area (Å²) in [6.07, 6.45) is 0. The molecule has 0 unspecified atom stereocenters. The number of hydrogen-bond acceptors (Lipinski definition) is 4. The number of hydrogen-bond donors (Lipinski definition) is 2. The molecule has 3 aromatic rings. The number of aromatic nitrogens is 2. The fraction of sp³-hybridized carbons (Fsp3) is 0.190. The van der Waals surface area contributed by atoms with E-state index in [4.69, 9.17) is 0 Å². The highest BCUT2D eigenvalue weighted by Gasteiger charge is 2.25. The molecule has 2 amide bonds. The van der Waals surface area contributed by atoms with Crippen LogP contribution in [0, 0.1) is 0 Å². The molecule has 0 bridgehead atoms. The summed E-state index contributed by atoms with van der Waals surface area (Å²) in [5, 5.41) is 10.4. The summed E-state index contributed by atoms with van der Waals surface area (Å²) in [6, 6.07) is 16.9. The van der Waals surface area contributed by atoms with Gasteiger partial charge in [0.1, 0.15) is 12.4 Å². The van der Waals surface area contributed by atoms with Crippen molar-refractivity contribution < 1.29 is 9.59 Å². The number of carbonyl (C=O) groups is 2. The Morgan fingerprint density at radius 3 is 2.72 bits per heavy atom. The maximum Gasteiger partial charge on any atom is 0.256 e. The van der Waals surface area contributed by atoms with E-state index in [1.807, 2.05) is 42.5 Å². The van der Waals surface area contributed by atoms with Gasteiger partial charge in [-0.1, -0.05) is 52.3 Å². The van der Waals surface area contributed by atoms with E-state index in [1.165, 1.54) is 0 Å². The number of benzene rings is 2. The summed E-state index contributed by atoms with van der Waals surface area (Å²) >= 11 is 5.14. The highest BCUT2D eigenvalue weighted by atomic mass is 79.9. The lowest BCUT2D eigenvalue weighted by Crippen LogP contribution is -2.28. The zero-order chi connectivity index (χ0) is 20.2. The number of thioether (sulfide) groups is 1. The molecule has 4 rings (SSSR count). The van der Waals surface area contributed by atoms with Crippen LogP contribution in [-0.2, 0) is 29.4 Å². The van der Waals surface area contributed by atoms with Crippen molar-refractivity contribution in [1.29, 1.82) is 0 Å². The quantitative estimate of drug-likeness (QED) is 0.571. The van der Waals surface area contributed by atoms with Crippen LogP contribution in [0.5, 0.6) is 0 Å². The summed E-state index contributed by atoms with van der Waals surface area (Å²) < 4.78 is 2.43. The second-order valence-corrected chi connectivity index (χ2v) is 8.55. The molecule has 2 N–H and O–H groups in total. The Labute approximate surface area is 181 Å². The largest absolute Gasteiger partial charge is 0.350 e. The Balaban J connectivity index is 1.49. The lowest BCUT2D eigenvalue weighted by Gasteiger charge is -2.12. The van der Waals surface area contributed by atoms with Crippen molar-refractivity contribution in [3.8, 4) is 0 Å². The number of halogens is 1. The monoisotopic (exact) mass is 470 g/mol. The molecule has 8 heteroatoms. The molecule has 1 aliphatic heterocycles. The molecule has 148 valence electrons. The molecule has 0 atom stereocenters. The van der Waals surface area contributed by atoms with Crippen LogP contribution in [0.4, 0.5) is 5.82 Å². The fourth-order valence-corrected chi connectivity index (χ4v) is 4.55. The van der Waals surface area contributed by atoms with E-state index in [-0.39, 0.29) is 18.4 Å². The minimum atomic E-state index is -0.225. The maximum atomic E-state index is 12.7. The third kappa shape index (κ3) is 4.71. The van der Waals surface area contributed by atoms with Gasteiger partial charge >= 0.3 is 0 Å². The molecule has 0 radical (unpaired) electrons. The summed E-state index contributed by atoms with van der Waals surface area (Å²) in [5.74, 6) is 1.78. The molecule has 0 spiro atoms. The Morgan fingerprint density at radius 2 is 1.93 bits per heavy atom. The molecule has 1 aliphatic rings. The van der Waals surface area contributed by atoms with Gasteiger partial charge in [0.05, 0.1) is 5.69 Å². The van der Waals surface area contributed by atoms with Crippen molar-refractivity contribution in [2.75, 3.05) is 5.32 Å². The van der Waals surface area contributed by atoms with Gasteiger partial charge in [0.25, 0.3) is 5.91 Å². The van der Waals surface area contributed by atoms with Crippen LogP contribution in [0.25, 0.3) is 0 Å². The molecule has 0 saturated heterocycles. The zero-order valence-corrected chi connectivity index (χ0v) is 17.9. The molecule has 6 nitrogen and oxygen atoms in total. The van der Waals surface area contributed by atoms with E-state index in [1.54, 1.807) is 28.6 Å². The standard InChI is InChI=1S/C21H19BrN4O2S/c22-16-8-4-7-15(9-16)21(28)24-20-17-12-29-13-18(17)25-26(20)11-19(27)23-10-14-5-2-1-3-6-14/h1-9H,10-13H2,(H,23,27)(H,24,28). The Bertz CT molecular complexity index is 1050. The average Bonchev–Trinajstić information content (AvgIpc) is 3.30. The minimum Gasteiger partial charge on any atom is -0.350 e. The number of anilines is 1. The highest BCUT2D eigenvalue weighted by molar-refractivity contribution is 9.10. The summed E-state index contributed by atoms with van der Waals surface area (Å²) in [5.41, 5.74) is 3.49. The first-order valence-electron chi connectivity index (χ1n) is 9.14. The lowest BCUT2D eigenvalue weighted by atomic mass is 10.2. The molecule has 1 aromatic heterocycles. The van der Waals surface area contributed by atoms with Gasteiger partial charge in [-0.15, -0.1) is 0 Å². The number of nitrogens with one attached hydrogen (secondary N) is 2. The molecule has 29 heavy (non-hydrogen) atoms. The second-order valence-electron chi connectivity index (χ2n) is 6.65. The van der Waals surface area contributed by atoms with Crippen LogP contribution in [0.1, 0.15) is 27.2 Å². The Hall–Kier alpha value is -2.58. The zero-order valence-electron chi connectivity index (χ0n) is 15.5. The third-order valence-corrected chi connectivity index (χ3v) is 6.03. The van der Waals surface area contributed by atoms with Crippen LogP contribution in [0.2, 0.25) is 0 Å². The van der Waals surface area contributed by atoms with E-state index >= 15 is 0 Å². The molecular weight excluding hydrogens is 452 g/mol. The third-order valence-electron chi connectivity index (χ3n) is 4.56. The maximum absolute atomic E-state index is 12.7. The molecular formula is C21H19BrN4O2S. The van der Waals surface area contributed by atoms with Gasteiger partial charge in [-0.25, -0.2) is 4.68 Å². The molecule has 0 aliphatic carbocycles. The van der Waals surface area contributed by atoms with E-state index in [2.05, 4.69) is 31.7 Å². The number of fused-ring (bicyclic) bond motifs is 1. The molecule has 0 fully saturated rings. The predicted molar refractivity (Wildman–Crippen MR) is 118 cm³/mol. The summed E-state index contributed by atoms with van der Waals surface area (Å²) in [4.78, 5) is 25.2. The number of nitrogens with zero attached hydrogens (tertiary/aromatic N) is 2. The van der Waals surface area contributed by atoms with Crippen molar-refractivity contribution in [2.45, 2.75) is 24.6 Å². The Kier molecular flexibility index (Phi) is 6.01. The van der Waals surface area contributed by atoms with Gasteiger partial charge in [0.2, 0.25) is 5.91 Å². The van der Waals surface area contributed by atoms with E-state index in [9.17, 15) is 9.59 Å². The van der Waals surface area contributed by atoms with Gasteiger partial charge in [-0.3, -0.25) is 9.59 Å². The van der Waals surface area contributed by atoms with Crippen molar-refractivity contribution in [3.63, 3.8) is 0 Å². The summed E-state index contributed by atoms with van der Waals surface area (Å²) in [7, 11) is 0. The number of rotatable bonds is 6. The molecule has 2 heterocycles. The SMILES string of the molecule is O=C(Cn1nc2c(c1NC(=O)c1cccc(Br)c1)CSC2)NCc1ccccc1. The van der Waals surface area contributed by atoms with Crippen molar-refractivity contribution >= 4 is 45.3 Å². The van der Waals surface area contributed by atoms with Gasteiger partial charge in [-0.2, -0.15) is 16.9 Å². The second kappa shape index (κ2) is 8.84. The first-order valence-corrected chi connectivity index (χ1v) is 11.1. The fourth-order valence-electron chi connectivity index (χ4n) is 3.12. The normalized spacial score (nSPS) is 12.4. The van der Waals surface area contributed by atoms with Crippen LogP contribution < -0.4 is 10.6 Å². The molecule has 0 saturated carbocycles. The van der Waals surface area contributed by atoms with Crippen LogP contribution in [0.3, 0.4) is 0 Å². The Morgan fingerprint density at radius 1 is 1.10 bits per heavy atom. The van der Waals surface area contributed by atoms with Crippen molar-refractivity contribution in [2.24, 2.45) is 0 Å². The highest BCUT2D eigenvalue weighted by Crippen LogP contribution is 2.35. The van der Waals surface area contributed by atoms with Crippen LogP contribution in [-0.4, -0.2) is 21.6 Å². The van der Waals surface area contributed by atoms with Crippen LogP contribution in [0.15, 0.2) is 59.1 Å². The van der Waals surface area contributed by atoms with E-state index in [0.29, 0.717) is 17.9 Å². The smallest absolute Gasteiger partial charge is 0.256 e. The lowest BCUT2D eigenvalue weighted by molar-refractivity contribution is -0.122. The van der Waals surface area contributed by atoms with Crippen molar-refractivity contribution in [1.82, 2.24) is 15.1 Å². The van der Waals surface area contributed by atoms with Gasteiger partial charge < -0.3 is 10.6 Å². The average molecular weight is 471 g/mol. The predicted octanol–water partition coefficient (Wildman–Crippen LogP) is 3.96. The van der Waals surface area contributed by atoms with E-state index < -0.39 is 0 Å². The number of carbonyl (C=O) groups excluding carboxylic acids is 2. The summed E-state index contributed by atoms with van der Waals surface area (Å²) in [6.45, 7) is 0.509. The number of amides is 2. The first kappa shape index (κ1) is 19.7. The van der Waals surface area contributed by atoms with Gasteiger partial charge in [0.15, 0.2) is 0 Å². The topological polar surface area (TPSA) is 76.0 Å². The first-order chi connectivity index (χ1) is 14.1. The minimum absolute atomic E-state index is 0.0542.